The van der Waals surface area contributed by atoms with Gasteiger partial charge in [-0.15, -0.1) is 0 Å². The third-order valence-corrected chi connectivity index (χ3v) is 4.14. The number of aromatic nitrogens is 2. The minimum atomic E-state index is 0.0746. The van der Waals surface area contributed by atoms with Crippen LogP contribution >= 0.6 is 0 Å². The highest BCUT2D eigenvalue weighted by Gasteiger charge is 2.27. The van der Waals surface area contributed by atoms with Crippen LogP contribution in [-0.2, 0) is 11.8 Å². The molecule has 0 aromatic carbocycles. The smallest absolute Gasteiger partial charge is 0.246 e. The van der Waals surface area contributed by atoms with Gasteiger partial charge in [0.2, 0.25) is 5.91 Å². The maximum absolute atomic E-state index is 12.5. The number of carbonyl (C=O) groups excluding carboxylic acids is 1. The Balaban J connectivity index is 1.97. The van der Waals surface area contributed by atoms with E-state index in [-0.39, 0.29) is 5.91 Å². The van der Waals surface area contributed by atoms with Crippen LogP contribution in [0.3, 0.4) is 0 Å². The molecule has 1 aromatic heterocycles. The van der Waals surface area contributed by atoms with Crippen LogP contribution < -0.4 is 10.2 Å². The molecule has 1 aliphatic rings. The molecule has 1 N–H and O–H groups in total. The van der Waals surface area contributed by atoms with Crippen LogP contribution in [-0.4, -0.2) is 84.3 Å². The fourth-order valence-corrected chi connectivity index (χ4v) is 2.59. The lowest BCUT2D eigenvalue weighted by Gasteiger charge is -2.35. The van der Waals surface area contributed by atoms with Crippen LogP contribution in [0.1, 0.15) is 13.8 Å². The van der Waals surface area contributed by atoms with Gasteiger partial charge >= 0.3 is 0 Å². The molecular weight excluding hydrogens is 306 g/mol. The lowest BCUT2D eigenvalue weighted by molar-refractivity contribution is -0.120. The molecule has 0 spiro atoms. The summed E-state index contributed by atoms with van der Waals surface area (Å²) in [5, 5.41) is 7.44. The summed E-state index contributed by atoms with van der Waals surface area (Å²) in [6.45, 7) is 9.35. The van der Waals surface area contributed by atoms with E-state index in [1.54, 1.807) is 15.8 Å². The predicted molar refractivity (Wildman–Crippen MR) is 96.3 cm³/mol. The van der Waals surface area contributed by atoms with Crippen molar-refractivity contribution in [1.29, 1.82) is 0 Å². The number of rotatable bonds is 6. The molecule has 0 atom stereocenters. The largest absolute Gasteiger partial charge is 0.357 e. The van der Waals surface area contributed by atoms with Crippen molar-refractivity contribution in [3.05, 3.63) is 12.4 Å². The number of nitrogens with one attached hydrogen (secondary N) is 1. The third kappa shape index (κ3) is 4.70. The molecule has 8 nitrogen and oxygen atoms in total. The van der Waals surface area contributed by atoms with E-state index in [4.69, 9.17) is 0 Å². The van der Waals surface area contributed by atoms with E-state index in [1.807, 2.05) is 25.1 Å². The number of carbonyl (C=O) groups is 1. The fraction of sp³-hybridized carbons (Fsp3) is 0.688. The SMILES string of the molecule is CCNC(=NCCN(C)CC)N1CCN(c2cnn(C)c2)C(=O)C1. The normalized spacial score (nSPS) is 16.2. The van der Waals surface area contributed by atoms with Gasteiger partial charge in [0.15, 0.2) is 5.96 Å². The molecule has 24 heavy (non-hydrogen) atoms. The molecule has 0 aliphatic carbocycles. The van der Waals surface area contributed by atoms with Crippen molar-refractivity contribution in [3.63, 3.8) is 0 Å². The summed E-state index contributed by atoms with van der Waals surface area (Å²) in [6, 6.07) is 0. The molecule has 134 valence electrons. The number of aliphatic imine (C=N–C) groups is 1. The number of anilines is 1. The minimum Gasteiger partial charge on any atom is -0.357 e. The second kappa shape index (κ2) is 8.68. The monoisotopic (exact) mass is 335 g/mol. The highest BCUT2D eigenvalue weighted by molar-refractivity contribution is 5.98. The van der Waals surface area contributed by atoms with Gasteiger partial charge in [0.05, 0.1) is 18.4 Å². The van der Waals surface area contributed by atoms with Crippen LogP contribution in [0.25, 0.3) is 0 Å². The number of likely N-dealkylation sites (N-methyl/N-ethyl adjacent to an activating group) is 1. The fourth-order valence-electron chi connectivity index (χ4n) is 2.59. The van der Waals surface area contributed by atoms with Gasteiger partial charge in [-0.05, 0) is 20.5 Å². The maximum atomic E-state index is 12.5. The molecule has 1 aromatic rings. The first-order valence-corrected chi connectivity index (χ1v) is 8.56. The van der Waals surface area contributed by atoms with Crippen molar-refractivity contribution in [2.45, 2.75) is 13.8 Å². The Bertz CT molecular complexity index is 569. The Hall–Kier alpha value is -2.09. The van der Waals surface area contributed by atoms with Gasteiger partial charge in [-0.25, -0.2) is 0 Å². The van der Waals surface area contributed by atoms with E-state index in [2.05, 4.69) is 34.3 Å². The minimum absolute atomic E-state index is 0.0746. The van der Waals surface area contributed by atoms with Crippen LogP contribution in [0.2, 0.25) is 0 Å². The Morgan fingerprint density at radius 3 is 2.79 bits per heavy atom. The van der Waals surface area contributed by atoms with Crippen molar-refractivity contribution in [2.75, 3.05) is 57.8 Å². The number of hydrogen-bond donors (Lipinski definition) is 1. The average Bonchev–Trinajstić information content (AvgIpc) is 2.99. The Morgan fingerprint density at radius 2 is 2.21 bits per heavy atom. The second-order valence-corrected chi connectivity index (χ2v) is 5.97. The summed E-state index contributed by atoms with van der Waals surface area (Å²) < 4.78 is 1.71. The van der Waals surface area contributed by atoms with E-state index >= 15 is 0 Å². The van der Waals surface area contributed by atoms with E-state index in [0.29, 0.717) is 13.1 Å². The summed E-state index contributed by atoms with van der Waals surface area (Å²) >= 11 is 0. The average molecular weight is 335 g/mol. The van der Waals surface area contributed by atoms with E-state index < -0.39 is 0 Å². The summed E-state index contributed by atoms with van der Waals surface area (Å²) in [7, 11) is 3.94. The number of amides is 1. The molecule has 1 fully saturated rings. The lowest BCUT2D eigenvalue weighted by Crippen LogP contribution is -2.55. The first-order valence-electron chi connectivity index (χ1n) is 8.56. The molecule has 1 saturated heterocycles. The number of guanidine groups is 1. The number of nitrogens with zero attached hydrogens (tertiary/aromatic N) is 6. The quantitative estimate of drug-likeness (QED) is 0.585. The molecule has 1 aliphatic heterocycles. The predicted octanol–water partition coefficient (Wildman–Crippen LogP) is -0.0141. The van der Waals surface area contributed by atoms with E-state index in [1.165, 1.54) is 0 Å². The second-order valence-electron chi connectivity index (χ2n) is 5.97. The van der Waals surface area contributed by atoms with Crippen molar-refractivity contribution in [1.82, 2.24) is 24.9 Å². The Morgan fingerprint density at radius 1 is 1.42 bits per heavy atom. The van der Waals surface area contributed by atoms with E-state index in [0.717, 1.165) is 44.4 Å². The first kappa shape index (κ1) is 18.3. The van der Waals surface area contributed by atoms with E-state index in [9.17, 15) is 4.79 Å². The molecule has 0 bridgehead atoms. The first-order chi connectivity index (χ1) is 11.5. The lowest BCUT2D eigenvalue weighted by atomic mass is 10.3. The molecule has 0 radical (unpaired) electrons. The molecule has 0 unspecified atom stereocenters. The van der Waals surface area contributed by atoms with Gasteiger partial charge in [-0.1, -0.05) is 6.92 Å². The number of hydrogen-bond acceptors (Lipinski definition) is 4. The van der Waals surface area contributed by atoms with Crippen LogP contribution in [0.4, 0.5) is 5.69 Å². The molecule has 1 amide bonds. The zero-order valence-corrected chi connectivity index (χ0v) is 15.2. The van der Waals surface area contributed by atoms with Crippen molar-refractivity contribution < 1.29 is 4.79 Å². The van der Waals surface area contributed by atoms with Gasteiger partial charge in [0.25, 0.3) is 0 Å². The van der Waals surface area contributed by atoms with Gasteiger partial charge in [0.1, 0.15) is 6.54 Å². The van der Waals surface area contributed by atoms with Gasteiger partial charge < -0.3 is 20.0 Å². The highest BCUT2D eigenvalue weighted by Crippen LogP contribution is 2.16. The Labute approximate surface area is 144 Å². The molecular formula is C16H29N7O. The summed E-state index contributed by atoms with van der Waals surface area (Å²) in [5.74, 6) is 0.895. The molecule has 2 rings (SSSR count). The van der Waals surface area contributed by atoms with Gasteiger partial charge in [-0.2, -0.15) is 5.10 Å². The van der Waals surface area contributed by atoms with Gasteiger partial charge in [-0.3, -0.25) is 14.5 Å². The van der Waals surface area contributed by atoms with Crippen LogP contribution in [0.15, 0.2) is 17.4 Å². The zero-order chi connectivity index (χ0) is 17.5. The zero-order valence-electron chi connectivity index (χ0n) is 15.2. The van der Waals surface area contributed by atoms with Crippen molar-refractivity contribution >= 4 is 17.6 Å². The summed E-state index contributed by atoms with van der Waals surface area (Å²) in [5.41, 5.74) is 0.855. The molecule has 2 heterocycles. The molecule has 8 heteroatoms. The van der Waals surface area contributed by atoms with Crippen LogP contribution in [0, 0.1) is 0 Å². The van der Waals surface area contributed by atoms with Gasteiger partial charge in [0, 0.05) is 39.4 Å². The third-order valence-electron chi connectivity index (χ3n) is 4.14. The maximum Gasteiger partial charge on any atom is 0.246 e. The number of piperazine rings is 1. The highest BCUT2D eigenvalue weighted by atomic mass is 16.2. The van der Waals surface area contributed by atoms with Crippen molar-refractivity contribution in [2.24, 2.45) is 12.0 Å². The van der Waals surface area contributed by atoms with Crippen molar-refractivity contribution in [3.8, 4) is 0 Å². The topological polar surface area (TPSA) is 69.0 Å². The number of aryl methyl sites for hydroxylation is 1. The summed E-state index contributed by atoms with van der Waals surface area (Å²) in [4.78, 5) is 23.2. The summed E-state index contributed by atoms with van der Waals surface area (Å²) in [6.07, 6.45) is 3.60. The van der Waals surface area contributed by atoms with Crippen LogP contribution in [0.5, 0.6) is 0 Å². The Kier molecular flexibility index (Phi) is 6.60. The standard InChI is InChI=1S/C16H29N7O/c1-5-17-16(18-7-8-20(3)6-2)22-9-10-23(15(24)13-22)14-11-19-21(4)12-14/h11-12H,5-10,13H2,1-4H3,(H,17,18). The molecule has 0 saturated carbocycles.